The van der Waals surface area contributed by atoms with Crippen LogP contribution < -0.4 is 4.90 Å². The van der Waals surface area contributed by atoms with Crippen LogP contribution in [0.3, 0.4) is 0 Å². The van der Waals surface area contributed by atoms with Gasteiger partial charge in [0, 0.05) is 13.0 Å². The topological polar surface area (TPSA) is 81.5 Å². The molecule has 3 heterocycles. The molecule has 1 aliphatic heterocycles. The first-order valence-corrected chi connectivity index (χ1v) is 5.36. The number of anilines is 1. The average Bonchev–Trinajstić information content (AvgIpc) is 2.85. The Morgan fingerprint density at radius 2 is 2.41 bits per heavy atom. The lowest BCUT2D eigenvalue weighted by atomic mass is 10.1. The molecule has 0 unspecified atom stereocenters. The van der Waals surface area contributed by atoms with Crippen molar-refractivity contribution < 1.29 is 0 Å². The van der Waals surface area contributed by atoms with Crippen molar-refractivity contribution in [2.45, 2.75) is 13.0 Å². The van der Waals surface area contributed by atoms with Gasteiger partial charge in [0.25, 0.3) is 0 Å². The Labute approximate surface area is 97.9 Å². The molecule has 1 N–H and O–H groups in total. The monoisotopic (exact) mass is 226 g/mol. The van der Waals surface area contributed by atoms with Crippen LogP contribution in [0.4, 0.5) is 5.82 Å². The predicted molar refractivity (Wildman–Crippen MR) is 60.1 cm³/mol. The van der Waals surface area contributed by atoms with Crippen molar-refractivity contribution in [1.82, 2.24) is 20.2 Å². The van der Waals surface area contributed by atoms with E-state index in [0.29, 0.717) is 17.9 Å². The summed E-state index contributed by atoms with van der Waals surface area (Å²) in [5, 5.41) is 16.9. The molecule has 6 nitrogen and oxygen atoms in total. The normalized spacial score (nSPS) is 14.2. The van der Waals surface area contributed by atoms with Crippen molar-refractivity contribution in [3.63, 3.8) is 0 Å². The first-order chi connectivity index (χ1) is 8.38. The van der Waals surface area contributed by atoms with Gasteiger partial charge in [-0.05, 0) is 6.07 Å². The second-order valence-corrected chi connectivity index (χ2v) is 3.88. The molecule has 17 heavy (non-hydrogen) atoms. The molecule has 3 rings (SSSR count). The van der Waals surface area contributed by atoms with Gasteiger partial charge in [-0.1, -0.05) is 0 Å². The highest BCUT2D eigenvalue weighted by Crippen LogP contribution is 2.22. The molecule has 0 aromatic carbocycles. The van der Waals surface area contributed by atoms with Gasteiger partial charge in [-0.3, -0.25) is 0 Å². The summed E-state index contributed by atoms with van der Waals surface area (Å²) >= 11 is 0. The quantitative estimate of drug-likeness (QED) is 0.771. The van der Waals surface area contributed by atoms with Gasteiger partial charge in [0.05, 0.1) is 36.0 Å². The molecule has 0 saturated carbocycles. The number of rotatable bonds is 1. The third-order valence-electron chi connectivity index (χ3n) is 2.90. The molecule has 0 spiro atoms. The lowest BCUT2D eigenvalue weighted by Gasteiger charge is -2.27. The number of hydrogen-bond acceptors (Lipinski definition) is 5. The molecule has 0 atom stereocenters. The average molecular weight is 226 g/mol. The summed E-state index contributed by atoms with van der Waals surface area (Å²) in [7, 11) is 0. The highest BCUT2D eigenvalue weighted by atomic mass is 15.3. The van der Waals surface area contributed by atoms with Crippen molar-refractivity contribution in [2.75, 3.05) is 11.4 Å². The summed E-state index contributed by atoms with van der Waals surface area (Å²) in [5.41, 5.74) is 2.75. The van der Waals surface area contributed by atoms with Gasteiger partial charge in [-0.25, -0.2) is 4.98 Å². The van der Waals surface area contributed by atoms with Crippen molar-refractivity contribution in [2.24, 2.45) is 0 Å². The third-order valence-corrected chi connectivity index (χ3v) is 2.90. The van der Waals surface area contributed by atoms with Crippen molar-refractivity contribution in [3.05, 3.63) is 35.5 Å². The molecule has 0 radical (unpaired) electrons. The SMILES string of the molecule is N#Cc1ccnnc1N1CCc2nc[nH]c2C1. The Balaban J connectivity index is 1.95. The number of aromatic amines is 1. The van der Waals surface area contributed by atoms with Crippen LogP contribution in [0.5, 0.6) is 0 Å². The van der Waals surface area contributed by atoms with Crippen LogP contribution in [0.15, 0.2) is 18.6 Å². The molecule has 2 aromatic heterocycles. The van der Waals surface area contributed by atoms with Gasteiger partial charge in [0.1, 0.15) is 6.07 Å². The zero-order chi connectivity index (χ0) is 11.7. The number of fused-ring (bicyclic) bond motifs is 1. The van der Waals surface area contributed by atoms with E-state index in [1.165, 1.54) is 6.20 Å². The van der Waals surface area contributed by atoms with Crippen LogP contribution in [-0.4, -0.2) is 26.7 Å². The Kier molecular flexibility index (Phi) is 2.22. The Morgan fingerprint density at radius 1 is 1.47 bits per heavy atom. The van der Waals surface area contributed by atoms with E-state index in [0.717, 1.165) is 24.4 Å². The van der Waals surface area contributed by atoms with E-state index in [9.17, 15) is 0 Å². The van der Waals surface area contributed by atoms with Crippen LogP contribution in [-0.2, 0) is 13.0 Å². The number of nitriles is 1. The number of hydrogen-bond donors (Lipinski definition) is 1. The Bertz CT molecular complexity index is 582. The molecule has 84 valence electrons. The second-order valence-electron chi connectivity index (χ2n) is 3.88. The van der Waals surface area contributed by atoms with Gasteiger partial charge in [0.15, 0.2) is 5.82 Å². The smallest absolute Gasteiger partial charge is 0.169 e. The fourth-order valence-electron chi connectivity index (χ4n) is 2.04. The molecule has 6 heteroatoms. The molecular formula is C11H10N6. The molecule has 0 aliphatic carbocycles. The van der Waals surface area contributed by atoms with E-state index in [-0.39, 0.29) is 0 Å². The molecule has 0 fully saturated rings. The van der Waals surface area contributed by atoms with Crippen LogP contribution in [0.1, 0.15) is 17.0 Å². The van der Waals surface area contributed by atoms with Gasteiger partial charge in [-0.2, -0.15) is 10.4 Å². The molecule has 1 aliphatic rings. The van der Waals surface area contributed by atoms with Crippen molar-refractivity contribution in [1.29, 1.82) is 5.26 Å². The maximum atomic E-state index is 9.04. The number of aromatic nitrogens is 4. The van der Waals surface area contributed by atoms with Gasteiger partial charge < -0.3 is 9.88 Å². The van der Waals surface area contributed by atoms with Crippen LogP contribution >= 0.6 is 0 Å². The van der Waals surface area contributed by atoms with Gasteiger partial charge in [0.2, 0.25) is 0 Å². The summed E-state index contributed by atoms with van der Waals surface area (Å²) in [4.78, 5) is 9.40. The minimum absolute atomic E-state index is 0.558. The van der Waals surface area contributed by atoms with E-state index in [1.54, 1.807) is 12.4 Å². The fourth-order valence-corrected chi connectivity index (χ4v) is 2.04. The largest absolute Gasteiger partial charge is 0.348 e. The lowest BCUT2D eigenvalue weighted by molar-refractivity contribution is 0.693. The number of imidazole rings is 1. The molecule has 0 saturated heterocycles. The summed E-state index contributed by atoms with van der Waals surface area (Å²) in [6.07, 6.45) is 4.10. The minimum Gasteiger partial charge on any atom is -0.348 e. The fraction of sp³-hybridized carbons (Fsp3) is 0.273. The zero-order valence-corrected chi connectivity index (χ0v) is 9.09. The number of nitrogens with one attached hydrogen (secondary N) is 1. The maximum absolute atomic E-state index is 9.04. The van der Waals surface area contributed by atoms with E-state index in [1.807, 2.05) is 4.90 Å². The summed E-state index contributed by atoms with van der Waals surface area (Å²) in [6, 6.07) is 3.83. The molecule has 2 aromatic rings. The second kappa shape index (κ2) is 3.87. The first-order valence-electron chi connectivity index (χ1n) is 5.36. The molecule has 0 bridgehead atoms. The van der Waals surface area contributed by atoms with E-state index in [2.05, 4.69) is 26.2 Å². The van der Waals surface area contributed by atoms with Gasteiger partial charge >= 0.3 is 0 Å². The standard InChI is InChI=1S/C11H10N6/c12-5-8-1-3-15-16-11(8)17-4-2-9-10(6-17)14-7-13-9/h1,3,7H,2,4,6H2,(H,13,14). The van der Waals surface area contributed by atoms with Gasteiger partial charge in [-0.15, -0.1) is 5.10 Å². The number of H-pyrrole nitrogens is 1. The van der Waals surface area contributed by atoms with Crippen molar-refractivity contribution in [3.8, 4) is 6.07 Å². The van der Waals surface area contributed by atoms with E-state index >= 15 is 0 Å². The van der Waals surface area contributed by atoms with E-state index < -0.39 is 0 Å². The maximum Gasteiger partial charge on any atom is 0.169 e. The van der Waals surface area contributed by atoms with Crippen LogP contribution in [0.25, 0.3) is 0 Å². The Morgan fingerprint density at radius 3 is 3.29 bits per heavy atom. The summed E-state index contributed by atoms with van der Waals surface area (Å²) in [5.74, 6) is 0.648. The first kappa shape index (κ1) is 9.78. The number of nitrogens with zero attached hydrogens (tertiary/aromatic N) is 5. The summed E-state index contributed by atoms with van der Waals surface area (Å²) in [6.45, 7) is 1.51. The highest BCUT2D eigenvalue weighted by Gasteiger charge is 2.21. The lowest BCUT2D eigenvalue weighted by Crippen LogP contribution is -2.31. The third kappa shape index (κ3) is 1.61. The minimum atomic E-state index is 0.558. The Hall–Kier alpha value is -2.42. The van der Waals surface area contributed by atoms with E-state index in [4.69, 9.17) is 5.26 Å². The summed E-state index contributed by atoms with van der Waals surface area (Å²) < 4.78 is 0. The van der Waals surface area contributed by atoms with Crippen LogP contribution in [0.2, 0.25) is 0 Å². The highest BCUT2D eigenvalue weighted by molar-refractivity contribution is 5.53. The molecule has 0 amide bonds. The molecular weight excluding hydrogens is 216 g/mol. The van der Waals surface area contributed by atoms with Crippen LogP contribution in [0, 0.1) is 11.3 Å². The predicted octanol–water partition coefficient (Wildman–Crippen LogP) is 0.634. The zero-order valence-electron chi connectivity index (χ0n) is 9.09. The van der Waals surface area contributed by atoms with Crippen molar-refractivity contribution >= 4 is 5.82 Å².